The van der Waals surface area contributed by atoms with E-state index in [4.69, 9.17) is 5.73 Å². The Morgan fingerprint density at radius 2 is 2.21 bits per heavy atom. The number of aromatic nitrogens is 1. The van der Waals surface area contributed by atoms with Crippen LogP contribution in [-0.2, 0) is 0 Å². The number of hydrogen-bond acceptors (Lipinski definition) is 2. The topological polar surface area (TPSA) is 38.9 Å². The Balaban J connectivity index is 3.12. The molecule has 14 heavy (non-hydrogen) atoms. The van der Waals surface area contributed by atoms with Gasteiger partial charge in [0.15, 0.2) is 0 Å². The van der Waals surface area contributed by atoms with Gasteiger partial charge < -0.3 is 5.73 Å². The normalized spacial score (nSPS) is 12.9. The van der Waals surface area contributed by atoms with Crippen LogP contribution < -0.4 is 5.73 Å². The molecule has 1 rings (SSSR count). The number of allylic oxidation sites excluding steroid dienone is 1. The molecule has 1 unspecified atom stereocenters. The van der Waals surface area contributed by atoms with Crippen molar-refractivity contribution in [3.05, 3.63) is 36.3 Å². The molecule has 1 heterocycles. The van der Waals surface area contributed by atoms with Crippen LogP contribution in [0.1, 0.15) is 25.3 Å². The molecular weight excluding hydrogens is 179 g/mol. The fourth-order valence-corrected chi connectivity index (χ4v) is 1.58. The zero-order valence-electron chi connectivity index (χ0n) is 8.50. The molecule has 76 valence electrons. The molecule has 0 saturated carbocycles. The van der Waals surface area contributed by atoms with Crippen LogP contribution in [0.3, 0.4) is 0 Å². The van der Waals surface area contributed by atoms with E-state index >= 15 is 0 Å². The Kier molecular flexibility index (Phi) is 3.23. The first-order valence-corrected chi connectivity index (χ1v) is 4.58. The SMILES string of the molecule is C=C(F)C(c1cccnc1N)C(C)C. The summed E-state index contributed by atoms with van der Waals surface area (Å²) in [5.41, 5.74) is 6.40. The van der Waals surface area contributed by atoms with Crippen LogP contribution in [0.5, 0.6) is 0 Å². The van der Waals surface area contributed by atoms with Crippen molar-refractivity contribution in [2.75, 3.05) is 5.73 Å². The van der Waals surface area contributed by atoms with Crippen molar-refractivity contribution in [2.24, 2.45) is 5.92 Å². The summed E-state index contributed by atoms with van der Waals surface area (Å²) in [6.07, 6.45) is 1.59. The number of nitrogens with two attached hydrogens (primary N) is 1. The highest BCUT2D eigenvalue weighted by Gasteiger charge is 2.21. The molecule has 1 aromatic heterocycles. The Hall–Kier alpha value is -1.38. The first kappa shape index (κ1) is 10.7. The third kappa shape index (κ3) is 2.10. The maximum Gasteiger partial charge on any atom is 0.127 e. The van der Waals surface area contributed by atoms with Gasteiger partial charge in [-0.15, -0.1) is 0 Å². The van der Waals surface area contributed by atoms with Crippen molar-refractivity contribution < 1.29 is 4.39 Å². The number of halogens is 1. The molecule has 0 aliphatic carbocycles. The molecule has 0 saturated heterocycles. The lowest BCUT2D eigenvalue weighted by Gasteiger charge is -2.19. The van der Waals surface area contributed by atoms with Crippen LogP contribution in [0.2, 0.25) is 0 Å². The van der Waals surface area contributed by atoms with E-state index in [0.29, 0.717) is 5.82 Å². The fourth-order valence-electron chi connectivity index (χ4n) is 1.58. The molecule has 1 atom stereocenters. The molecule has 0 aliphatic heterocycles. The zero-order chi connectivity index (χ0) is 10.7. The summed E-state index contributed by atoms with van der Waals surface area (Å²) >= 11 is 0. The maximum atomic E-state index is 13.2. The maximum absolute atomic E-state index is 13.2. The summed E-state index contributed by atoms with van der Waals surface area (Å²) in [4.78, 5) is 3.93. The van der Waals surface area contributed by atoms with Crippen LogP contribution in [0.25, 0.3) is 0 Å². The molecule has 2 N–H and O–H groups in total. The first-order valence-electron chi connectivity index (χ1n) is 4.58. The van der Waals surface area contributed by atoms with Crippen LogP contribution in [-0.4, -0.2) is 4.98 Å². The summed E-state index contributed by atoms with van der Waals surface area (Å²) in [6.45, 7) is 7.21. The monoisotopic (exact) mass is 194 g/mol. The van der Waals surface area contributed by atoms with Gasteiger partial charge >= 0.3 is 0 Å². The van der Waals surface area contributed by atoms with Crippen LogP contribution in [0.15, 0.2) is 30.7 Å². The average Bonchev–Trinajstić information content (AvgIpc) is 2.07. The molecule has 0 bridgehead atoms. The number of pyridine rings is 1. The van der Waals surface area contributed by atoms with Crippen LogP contribution >= 0.6 is 0 Å². The minimum Gasteiger partial charge on any atom is -0.383 e. The van der Waals surface area contributed by atoms with E-state index in [1.807, 2.05) is 13.8 Å². The van der Waals surface area contributed by atoms with E-state index in [2.05, 4.69) is 11.6 Å². The third-order valence-corrected chi connectivity index (χ3v) is 2.21. The van der Waals surface area contributed by atoms with Gasteiger partial charge in [0.25, 0.3) is 0 Å². The van der Waals surface area contributed by atoms with Gasteiger partial charge in [0.05, 0.1) is 0 Å². The van der Waals surface area contributed by atoms with Crippen LogP contribution in [0.4, 0.5) is 10.2 Å². The Morgan fingerprint density at radius 3 is 2.64 bits per heavy atom. The van der Waals surface area contributed by atoms with Gasteiger partial charge in [-0.05, 0) is 12.0 Å². The molecule has 3 heteroatoms. The van der Waals surface area contributed by atoms with E-state index in [1.54, 1.807) is 18.3 Å². The van der Waals surface area contributed by atoms with Crippen molar-refractivity contribution in [1.29, 1.82) is 0 Å². The summed E-state index contributed by atoms with van der Waals surface area (Å²) in [6, 6.07) is 3.54. The lowest BCUT2D eigenvalue weighted by Crippen LogP contribution is -2.10. The number of anilines is 1. The highest BCUT2D eigenvalue weighted by atomic mass is 19.1. The lowest BCUT2D eigenvalue weighted by molar-refractivity contribution is 0.457. The second-order valence-corrected chi connectivity index (χ2v) is 3.65. The third-order valence-electron chi connectivity index (χ3n) is 2.21. The molecule has 0 aromatic carbocycles. The zero-order valence-corrected chi connectivity index (χ0v) is 8.50. The van der Waals surface area contributed by atoms with Crippen molar-refractivity contribution >= 4 is 5.82 Å². The van der Waals surface area contributed by atoms with Gasteiger partial charge in [-0.1, -0.05) is 26.5 Å². The summed E-state index contributed by atoms with van der Waals surface area (Å²) < 4.78 is 13.2. The van der Waals surface area contributed by atoms with Gasteiger partial charge in [-0.2, -0.15) is 0 Å². The van der Waals surface area contributed by atoms with E-state index in [0.717, 1.165) is 5.56 Å². The fraction of sp³-hybridized carbons (Fsp3) is 0.364. The highest BCUT2D eigenvalue weighted by molar-refractivity contribution is 5.44. The van der Waals surface area contributed by atoms with Gasteiger partial charge in [0.2, 0.25) is 0 Å². The minimum absolute atomic E-state index is 0.124. The molecule has 2 nitrogen and oxygen atoms in total. The van der Waals surface area contributed by atoms with Gasteiger partial charge in [-0.3, -0.25) is 0 Å². The molecule has 1 aromatic rings. The smallest absolute Gasteiger partial charge is 0.127 e. The largest absolute Gasteiger partial charge is 0.383 e. The number of nitrogens with zero attached hydrogens (tertiary/aromatic N) is 1. The Labute approximate surface area is 83.7 Å². The van der Waals surface area contributed by atoms with E-state index in [-0.39, 0.29) is 17.7 Å². The molecule has 0 spiro atoms. The first-order chi connectivity index (χ1) is 6.54. The predicted molar refractivity (Wildman–Crippen MR) is 56.5 cm³/mol. The minimum atomic E-state index is -0.361. The molecule has 0 fully saturated rings. The summed E-state index contributed by atoms with van der Waals surface area (Å²) in [7, 11) is 0. The van der Waals surface area contributed by atoms with E-state index < -0.39 is 0 Å². The molecular formula is C11H15FN2. The Morgan fingerprint density at radius 1 is 1.57 bits per heavy atom. The van der Waals surface area contributed by atoms with Crippen molar-refractivity contribution in [3.8, 4) is 0 Å². The average molecular weight is 194 g/mol. The second kappa shape index (κ2) is 4.22. The van der Waals surface area contributed by atoms with Crippen molar-refractivity contribution in [1.82, 2.24) is 4.98 Å². The van der Waals surface area contributed by atoms with Gasteiger partial charge in [-0.25, -0.2) is 9.37 Å². The van der Waals surface area contributed by atoms with Gasteiger partial charge in [0.1, 0.15) is 11.6 Å². The highest BCUT2D eigenvalue weighted by Crippen LogP contribution is 2.33. The molecule has 0 aliphatic rings. The summed E-state index contributed by atoms with van der Waals surface area (Å²) in [5, 5.41) is 0. The van der Waals surface area contributed by atoms with E-state index in [1.165, 1.54) is 0 Å². The second-order valence-electron chi connectivity index (χ2n) is 3.65. The van der Waals surface area contributed by atoms with Gasteiger partial charge in [0, 0.05) is 17.7 Å². The lowest BCUT2D eigenvalue weighted by atomic mass is 9.88. The van der Waals surface area contributed by atoms with Crippen molar-refractivity contribution in [3.63, 3.8) is 0 Å². The van der Waals surface area contributed by atoms with Crippen LogP contribution in [0, 0.1) is 5.92 Å². The molecule has 0 amide bonds. The number of hydrogen-bond donors (Lipinski definition) is 1. The predicted octanol–water partition coefficient (Wildman–Crippen LogP) is 2.89. The standard InChI is InChI=1S/C11H15FN2/c1-7(2)10(8(3)12)9-5-4-6-14-11(9)13/h4-7,10H,3H2,1-2H3,(H2,13,14). The number of nitrogen functional groups attached to an aromatic ring is 1. The van der Waals surface area contributed by atoms with Crippen molar-refractivity contribution in [2.45, 2.75) is 19.8 Å². The molecule has 0 radical (unpaired) electrons. The number of rotatable bonds is 3. The Bertz CT molecular complexity index is 334. The summed E-state index contributed by atoms with van der Waals surface area (Å²) in [5.74, 6) is -0.215. The quantitative estimate of drug-likeness (QED) is 0.803. The van der Waals surface area contributed by atoms with E-state index in [9.17, 15) is 4.39 Å².